The number of pyridine rings is 2. The van der Waals surface area contributed by atoms with Gasteiger partial charge in [0.1, 0.15) is 11.6 Å². The highest BCUT2D eigenvalue weighted by Crippen LogP contribution is 2.24. The lowest BCUT2D eigenvalue weighted by Crippen LogP contribution is -2.20. The number of nitrogens with zero attached hydrogens (tertiary/aromatic N) is 1. The van der Waals surface area contributed by atoms with Crippen molar-refractivity contribution in [1.29, 1.82) is 0 Å². The van der Waals surface area contributed by atoms with Crippen molar-refractivity contribution in [1.82, 2.24) is 9.97 Å². The Kier molecular flexibility index (Phi) is 4.90. The molecule has 26 heavy (non-hydrogen) atoms. The van der Waals surface area contributed by atoms with E-state index in [1.165, 1.54) is 19.1 Å². The first-order valence-corrected chi connectivity index (χ1v) is 8.23. The Morgan fingerprint density at radius 3 is 2.81 bits per heavy atom. The second-order valence-corrected chi connectivity index (χ2v) is 6.29. The maximum Gasteiger partial charge on any atom is 0.253 e. The molecule has 134 valence electrons. The van der Waals surface area contributed by atoms with Crippen LogP contribution in [-0.4, -0.2) is 15.9 Å². The average Bonchev–Trinajstić information content (AvgIpc) is 2.55. The van der Waals surface area contributed by atoms with Gasteiger partial charge in [-0.3, -0.25) is 9.59 Å². The van der Waals surface area contributed by atoms with Gasteiger partial charge in [0.05, 0.1) is 16.6 Å². The second kappa shape index (κ2) is 7.13. The van der Waals surface area contributed by atoms with E-state index in [2.05, 4.69) is 20.6 Å². The zero-order chi connectivity index (χ0) is 18.8. The molecule has 1 aromatic carbocycles. The normalized spacial score (nSPS) is 12.0. The molecule has 3 rings (SSSR count). The van der Waals surface area contributed by atoms with Crippen LogP contribution in [0.3, 0.4) is 0 Å². The fraction of sp³-hybridized carbons (Fsp3) is 0.167. The van der Waals surface area contributed by atoms with E-state index in [9.17, 15) is 14.0 Å². The van der Waals surface area contributed by atoms with E-state index >= 15 is 0 Å². The summed E-state index contributed by atoms with van der Waals surface area (Å²) in [5, 5.41) is 6.39. The van der Waals surface area contributed by atoms with E-state index in [1.807, 2.05) is 0 Å². The summed E-state index contributed by atoms with van der Waals surface area (Å²) in [5.41, 5.74) is 1.08. The average molecular weight is 375 g/mol. The van der Waals surface area contributed by atoms with Crippen LogP contribution in [-0.2, 0) is 4.79 Å². The van der Waals surface area contributed by atoms with E-state index in [0.717, 1.165) is 0 Å². The minimum Gasteiger partial charge on any atom is -0.363 e. The number of carbonyl (C=O) groups excluding carboxylic acids is 1. The minimum atomic E-state index is -0.590. The summed E-state index contributed by atoms with van der Waals surface area (Å²) < 4.78 is 13.6. The summed E-state index contributed by atoms with van der Waals surface area (Å²) in [7, 11) is 0. The van der Waals surface area contributed by atoms with Gasteiger partial charge in [0, 0.05) is 35.8 Å². The number of fused-ring (bicyclic) bond motifs is 1. The number of halogens is 2. The van der Waals surface area contributed by atoms with Crippen LogP contribution in [0.2, 0.25) is 5.02 Å². The summed E-state index contributed by atoms with van der Waals surface area (Å²) in [6.45, 7) is 3.22. The highest BCUT2D eigenvalue weighted by molar-refractivity contribution is 6.31. The lowest BCUT2D eigenvalue weighted by Gasteiger charge is -2.15. The number of amides is 1. The maximum atomic E-state index is 13.6. The number of carbonyl (C=O) groups is 1. The van der Waals surface area contributed by atoms with Gasteiger partial charge < -0.3 is 15.6 Å². The SMILES string of the molecule is CC(=O)Nc1ccnc(NC(C)c2cc3cc(Cl)c(F)cc3[nH]c2=O)c1. The van der Waals surface area contributed by atoms with Gasteiger partial charge >= 0.3 is 0 Å². The van der Waals surface area contributed by atoms with Crippen LogP contribution in [0.25, 0.3) is 10.9 Å². The molecule has 8 heteroatoms. The number of rotatable bonds is 4. The van der Waals surface area contributed by atoms with Crippen LogP contribution in [0.15, 0.2) is 41.3 Å². The first kappa shape index (κ1) is 17.9. The fourth-order valence-corrected chi connectivity index (χ4v) is 2.80. The smallest absolute Gasteiger partial charge is 0.253 e. The largest absolute Gasteiger partial charge is 0.363 e. The zero-order valence-corrected chi connectivity index (χ0v) is 14.8. The van der Waals surface area contributed by atoms with Gasteiger partial charge in [-0.15, -0.1) is 0 Å². The Morgan fingerprint density at radius 2 is 2.08 bits per heavy atom. The molecular weight excluding hydrogens is 359 g/mol. The van der Waals surface area contributed by atoms with Gasteiger partial charge in [-0.1, -0.05) is 11.6 Å². The summed E-state index contributed by atoms with van der Waals surface area (Å²) in [6, 6.07) is 7.27. The standard InChI is InChI=1S/C18H16ClFN4O2/c1-9(22-17-7-12(3-4-21-17)23-10(2)25)13-5-11-6-14(19)15(20)8-16(11)24-18(13)26/h3-9H,1-2H3,(H,24,26)(H2,21,22,23,25). The molecule has 0 saturated carbocycles. The molecule has 1 amide bonds. The van der Waals surface area contributed by atoms with Crippen molar-refractivity contribution in [2.45, 2.75) is 19.9 Å². The third-order valence-corrected chi connectivity index (χ3v) is 4.11. The highest BCUT2D eigenvalue weighted by atomic mass is 35.5. The van der Waals surface area contributed by atoms with Gasteiger partial charge in [0.25, 0.3) is 5.56 Å². The molecular formula is C18H16ClFN4O2. The molecule has 6 nitrogen and oxygen atoms in total. The first-order valence-electron chi connectivity index (χ1n) is 7.85. The highest BCUT2D eigenvalue weighted by Gasteiger charge is 2.13. The fourth-order valence-electron chi connectivity index (χ4n) is 2.63. The number of H-pyrrole nitrogens is 1. The molecule has 0 saturated heterocycles. The van der Waals surface area contributed by atoms with Crippen LogP contribution in [0, 0.1) is 5.82 Å². The molecule has 0 spiro atoms. The van der Waals surface area contributed by atoms with Crippen molar-refractivity contribution in [3.8, 4) is 0 Å². The van der Waals surface area contributed by atoms with Gasteiger partial charge in [-0.2, -0.15) is 0 Å². The third kappa shape index (κ3) is 3.83. The van der Waals surface area contributed by atoms with E-state index < -0.39 is 5.82 Å². The van der Waals surface area contributed by atoms with Crippen molar-refractivity contribution < 1.29 is 9.18 Å². The number of aromatic nitrogens is 2. The van der Waals surface area contributed by atoms with Crippen molar-refractivity contribution in [3.05, 3.63) is 63.3 Å². The molecule has 0 aliphatic heterocycles. The van der Waals surface area contributed by atoms with Crippen LogP contribution >= 0.6 is 11.6 Å². The van der Waals surface area contributed by atoms with Crippen molar-refractivity contribution >= 4 is 39.9 Å². The summed E-state index contributed by atoms with van der Waals surface area (Å²) >= 11 is 5.82. The van der Waals surface area contributed by atoms with E-state index in [-0.39, 0.29) is 22.5 Å². The zero-order valence-electron chi connectivity index (χ0n) is 14.1. The lowest BCUT2D eigenvalue weighted by molar-refractivity contribution is -0.114. The number of nitrogens with one attached hydrogen (secondary N) is 3. The third-order valence-electron chi connectivity index (χ3n) is 3.83. The van der Waals surface area contributed by atoms with Crippen LogP contribution in [0.4, 0.5) is 15.9 Å². The molecule has 3 aromatic rings. The van der Waals surface area contributed by atoms with Crippen molar-refractivity contribution in [2.24, 2.45) is 0 Å². The summed E-state index contributed by atoms with van der Waals surface area (Å²) in [4.78, 5) is 30.3. The predicted molar refractivity (Wildman–Crippen MR) is 100 cm³/mol. The first-order chi connectivity index (χ1) is 12.3. The molecule has 1 unspecified atom stereocenters. The number of hydrogen-bond acceptors (Lipinski definition) is 4. The number of benzene rings is 1. The molecule has 0 bridgehead atoms. The summed E-state index contributed by atoms with van der Waals surface area (Å²) in [6.07, 6.45) is 1.55. The van der Waals surface area contributed by atoms with E-state index in [1.54, 1.807) is 31.3 Å². The Morgan fingerprint density at radius 1 is 1.31 bits per heavy atom. The molecule has 3 N–H and O–H groups in total. The topological polar surface area (TPSA) is 86.9 Å². The van der Waals surface area contributed by atoms with Crippen LogP contribution in [0.1, 0.15) is 25.5 Å². The second-order valence-electron chi connectivity index (χ2n) is 5.88. The van der Waals surface area contributed by atoms with Crippen molar-refractivity contribution in [2.75, 3.05) is 10.6 Å². The van der Waals surface area contributed by atoms with Crippen molar-refractivity contribution in [3.63, 3.8) is 0 Å². The molecule has 2 heterocycles. The maximum absolute atomic E-state index is 13.6. The number of aromatic amines is 1. The predicted octanol–water partition coefficient (Wildman–Crippen LogP) is 3.85. The molecule has 1 atom stereocenters. The minimum absolute atomic E-state index is 0.0132. The number of anilines is 2. The molecule has 0 aliphatic rings. The van der Waals surface area contributed by atoms with Gasteiger partial charge in [-0.05, 0) is 31.2 Å². The van der Waals surface area contributed by atoms with E-state index in [4.69, 9.17) is 11.6 Å². The van der Waals surface area contributed by atoms with Gasteiger partial charge in [0.2, 0.25) is 5.91 Å². The Bertz CT molecular complexity index is 1050. The van der Waals surface area contributed by atoms with Crippen LogP contribution in [0.5, 0.6) is 0 Å². The van der Waals surface area contributed by atoms with Gasteiger partial charge in [-0.25, -0.2) is 9.37 Å². The van der Waals surface area contributed by atoms with Gasteiger partial charge in [0.15, 0.2) is 0 Å². The van der Waals surface area contributed by atoms with E-state index in [0.29, 0.717) is 28.0 Å². The monoisotopic (exact) mass is 374 g/mol. The molecule has 0 fully saturated rings. The number of hydrogen-bond donors (Lipinski definition) is 3. The molecule has 0 aliphatic carbocycles. The molecule has 0 radical (unpaired) electrons. The summed E-state index contributed by atoms with van der Waals surface area (Å²) in [5.74, 6) is -0.279. The quantitative estimate of drug-likeness (QED) is 0.647. The molecule has 2 aromatic heterocycles. The van der Waals surface area contributed by atoms with Crippen LogP contribution < -0.4 is 16.2 Å². The Labute approximate surface area is 153 Å². The lowest BCUT2D eigenvalue weighted by atomic mass is 10.1. The Balaban J connectivity index is 1.91. The Hall–Kier alpha value is -2.93.